The topological polar surface area (TPSA) is 148 Å². The molecule has 0 atom stereocenters. The molecule has 10 nitrogen and oxygen atoms in total. The second kappa shape index (κ2) is 6.96. The van der Waals surface area contributed by atoms with E-state index in [0.29, 0.717) is 0 Å². The summed E-state index contributed by atoms with van der Waals surface area (Å²) in [6.07, 6.45) is 1.05. The number of carbonyl (C=O) groups excluding carboxylic acids is 1. The van der Waals surface area contributed by atoms with Gasteiger partial charge in [0.2, 0.25) is 0 Å². The summed E-state index contributed by atoms with van der Waals surface area (Å²) in [6.45, 7) is 0. The van der Waals surface area contributed by atoms with Gasteiger partial charge in [0.15, 0.2) is 0 Å². The van der Waals surface area contributed by atoms with Crippen molar-refractivity contribution in [1.29, 1.82) is 0 Å². The van der Waals surface area contributed by atoms with Gasteiger partial charge in [0.25, 0.3) is 17.3 Å². The molecule has 0 aliphatic carbocycles. The summed E-state index contributed by atoms with van der Waals surface area (Å²) in [5, 5.41) is 34.4. The largest absolute Gasteiger partial charge is 0.507 e. The molecule has 0 unspecified atom stereocenters. The number of carbonyl (C=O) groups is 1. The van der Waals surface area contributed by atoms with E-state index in [1.54, 1.807) is 0 Å². The fourth-order valence-electron chi connectivity index (χ4n) is 1.72. The van der Waals surface area contributed by atoms with Crippen LogP contribution in [0.15, 0.2) is 47.6 Å². The fraction of sp³-hybridized carbons (Fsp3) is 0. The maximum atomic E-state index is 11.8. The summed E-state index contributed by atoms with van der Waals surface area (Å²) in [5.41, 5.74) is 1.94. The van der Waals surface area contributed by atoms with Gasteiger partial charge in [-0.05, 0) is 18.2 Å². The van der Waals surface area contributed by atoms with Crippen LogP contribution in [0.1, 0.15) is 15.9 Å². The van der Waals surface area contributed by atoms with E-state index in [1.165, 1.54) is 24.3 Å². The van der Waals surface area contributed by atoms with Crippen LogP contribution in [0.5, 0.6) is 5.75 Å². The maximum Gasteiger partial charge on any atom is 0.271 e. The van der Waals surface area contributed by atoms with Crippen molar-refractivity contribution in [2.24, 2.45) is 5.10 Å². The van der Waals surface area contributed by atoms with Crippen molar-refractivity contribution >= 4 is 23.5 Å². The van der Waals surface area contributed by atoms with Crippen LogP contribution < -0.4 is 5.43 Å². The number of aromatic hydroxyl groups is 1. The van der Waals surface area contributed by atoms with Crippen LogP contribution in [-0.2, 0) is 0 Å². The van der Waals surface area contributed by atoms with E-state index in [-0.39, 0.29) is 28.3 Å². The van der Waals surface area contributed by atoms with E-state index in [9.17, 15) is 30.1 Å². The van der Waals surface area contributed by atoms with Gasteiger partial charge < -0.3 is 5.11 Å². The number of nitrogens with zero attached hydrogens (tertiary/aromatic N) is 3. The molecule has 2 aromatic carbocycles. The highest BCUT2D eigenvalue weighted by Gasteiger charge is 2.10. The number of nitro benzene ring substituents is 2. The molecule has 2 N–H and O–H groups in total. The van der Waals surface area contributed by atoms with Crippen LogP contribution in [0.4, 0.5) is 11.4 Å². The molecule has 0 aliphatic rings. The van der Waals surface area contributed by atoms with Crippen LogP contribution in [0, 0.1) is 20.2 Å². The molecule has 0 fully saturated rings. The number of nitrogens with one attached hydrogen (secondary N) is 1. The molecular weight excluding hydrogens is 320 g/mol. The Morgan fingerprint density at radius 2 is 1.62 bits per heavy atom. The Hall–Kier alpha value is -3.82. The van der Waals surface area contributed by atoms with E-state index in [0.717, 1.165) is 24.4 Å². The van der Waals surface area contributed by atoms with Gasteiger partial charge >= 0.3 is 0 Å². The van der Waals surface area contributed by atoms with Gasteiger partial charge in [0.05, 0.1) is 16.1 Å². The van der Waals surface area contributed by atoms with Gasteiger partial charge in [-0.15, -0.1) is 0 Å². The third-order valence-electron chi connectivity index (χ3n) is 2.93. The zero-order valence-electron chi connectivity index (χ0n) is 11.9. The van der Waals surface area contributed by atoms with Crippen LogP contribution in [0.3, 0.4) is 0 Å². The molecule has 122 valence electrons. The normalized spacial score (nSPS) is 10.5. The van der Waals surface area contributed by atoms with E-state index in [2.05, 4.69) is 10.5 Å². The minimum atomic E-state index is -0.633. The lowest BCUT2D eigenvalue weighted by atomic mass is 10.2. The Labute approximate surface area is 134 Å². The number of hydrogen-bond acceptors (Lipinski definition) is 7. The fourth-order valence-corrected chi connectivity index (χ4v) is 1.72. The highest BCUT2D eigenvalue weighted by Crippen LogP contribution is 2.21. The number of benzene rings is 2. The smallest absolute Gasteiger partial charge is 0.271 e. The molecule has 0 heterocycles. The summed E-state index contributed by atoms with van der Waals surface area (Å²) in [6, 6.07) is 8.22. The summed E-state index contributed by atoms with van der Waals surface area (Å²) < 4.78 is 0. The second-order valence-electron chi connectivity index (χ2n) is 4.50. The van der Waals surface area contributed by atoms with Crippen molar-refractivity contribution in [3.05, 3.63) is 73.8 Å². The Morgan fingerprint density at radius 1 is 1.04 bits per heavy atom. The molecule has 0 aromatic heterocycles. The molecule has 0 radical (unpaired) electrons. The Kier molecular flexibility index (Phi) is 4.80. The molecule has 2 aromatic rings. The average Bonchev–Trinajstić information content (AvgIpc) is 2.56. The number of non-ortho nitro benzene ring substituents is 2. The zero-order valence-corrected chi connectivity index (χ0v) is 11.9. The van der Waals surface area contributed by atoms with E-state index < -0.39 is 15.8 Å². The van der Waals surface area contributed by atoms with Crippen molar-refractivity contribution in [3.8, 4) is 5.75 Å². The SMILES string of the molecule is O=C(N/N=C/c1cc([N+](=O)[O-])ccc1O)c1ccc([N+](=O)[O-])cc1. The quantitative estimate of drug-likeness (QED) is 0.486. The minimum absolute atomic E-state index is 0.0493. The first-order chi connectivity index (χ1) is 11.4. The van der Waals surface area contributed by atoms with Crippen molar-refractivity contribution in [3.63, 3.8) is 0 Å². The van der Waals surface area contributed by atoms with Gasteiger partial charge in [-0.25, -0.2) is 5.43 Å². The maximum absolute atomic E-state index is 11.8. The van der Waals surface area contributed by atoms with E-state index >= 15 is 0 Å². The van der Waals surface area contributed by atoms with Crippen molar-refractivity contribution in [2.75, 3.05) is 0 Å². The van der Waals surface area contributed by atoms with Crippen LogP contribution in [-0.4, -0.2) is 27.1 Å². The number of hydrogen-bond donors (Lipinski definition) is 2. The standard InChI is InChI=1S/C14H10N4O6/c19-13-6-5-12(18(23)24)7-10(13)8-15-16-14(20)9-1-3-11(4-2-9)17(21)22/h1-8,19H,(H,16,20)/b15-8+. The molecule has 10 heteroatoms. The Balaban J connectivity index is 2.08. The summed E-state index contributed by atoms with van der Waals surface area (Å²) in [7, 11) is 0. The Morgan fingerprint density at radius 3 is 2.21 bits per heavy atom. The molecular formula is C14H10N4O6. The summed E-state index contributed by atoms with van der Waals surface area (Å²) in [5.74, 6) is -0.875. The molecule has 0 aliphatic heterocycles. The first-order valence-electron chi connectivity index (χ1n) is 6.44. The van der Waals surface area contributed by atoms with Gasteiger partial charge in [-0.3, -0.25) is 25.0 Å². The second-order valence-corrected chi connectivity index (χ2v) is 4.50. The number of nitro groups is 2. The average molecular weight is 330 g/mol. The molecule has 0 saturated carbocycles. The van der Waals surface area contributed by atoms with Gasteiger partial charge in [-0.1, -0.05) is 0 Å². The Bertz CT molecular complexity index is 832. The first kappa shape index (κ1) is 16.5. The molecule has 0 bridgehead atoms. The lowest BCUT2D eigenvalue weighted by Gasteiger charge is -2.01. The van der Waals surface area contributed by atoms with Crippen molar-refractivity contribution < 1.29 is 19.7 Å². The number of phenols is 1. The third kappa shape index (κ3) is 3.88. The van der Waals surface area contributed by atoms with Crippen molar-refractivity contribution in [1.82, 2.24) is 5.43 Å². The van der Waals surface area contributed by atoms with E-state index in [1.807, 2.05) is 0 Å². The summed E-state index contributed by atoms with van der Waals surface area (Å²) in [4.78, 5) is 31.8. The predicted molar refractivity (Wildman–Crippen MR) is 82.9 cm³/mol. The zero-order chi connectivity index (χ0) is 17.7. The first-order valence-corrected chi connectivity index (χ1v) is 6.44. The molecule has 2 rings (SSSR count). The number of rotatable bonds is 5. The third-order valence-corrected chi connectivity index (χ3v) is 2.93. The monoisotopic (exact) mass is 330 g/mol. The van der Waals surface area contributed by atoms with E-state index in [4.69, 9.17) is 0 Å². The lowest BCUT2D eigenvalue weighted by Crippen LogP contribution is -2.17. The van der Waals surface area contributed by atoms with Gasteiger partial charge in [0.1, 0.15) is 5.75 Å². The highest BCUT2D eigenvalue weighted by molar-refractivity contribution is 5.95. The van der Waals surface area contributed by atoms with Crippen LogP contribution in [0.25, 0.3) is 0 Å². The van der Waals surface area contributed by atoms with Crippen LogP contribution >= 0.6 is 0 Å². The molecule has 24 heavy (non-hydrogen) atoms. The van der Waals surface area contributed by atoms with Crippen LogP contribution in [0.2, 0.25) is 0 Å². The van der Waals surface area contributed by atoms with Crippen molar-refractivity contribution in [2.45, 2.75) is 0 Å². The lowest BCUT2D eigenvalue weighted by molar-refractivity contribution is -0.385. The number of phenolic OH excluding ortho intramolecular Hbond substituents is 1. The number of hydrazone groups is 1. The predicted octanol–water partition coefficient (Wildman–Crippen LogP) is 1.97. The summed E-state index contributed by atoms with van der Waals surface area (Å²) >= 11 is 0. The molecule has 0 spiro atoms. The molecule has 0 saturated heterocycles. The highest BCUT2D eigenvalue weighted by atomic mass is 16.6. The molecule has 1 amide bonds. The number of amides is 1. The van der Waals surface area contributed by atoms with Gasteiger partial charge in [0, 0.05) is 35.4 Å². The minimum Gasteiger partial charge on any atom is -0.507 e. The van der Waals surface area contributed by atoms with Gasteiger partial charge in [-0.2, -0.15) is 5.10 Å².